The molecule has 0 bridgehead atoms. The van der Waals surface area contributed by atoms with Crippen molar-refractivity contribution in [1.82, 2.24) is 24.5 Å². The molecule has 0 radical (unpaired) electrons. The zero-order chi connectivity index (χ0) is 21.3. The van der Waals surface area contributed by atoms with E-state index in [-0.39, 0.29) is 5.91 Å². The van der Waals surface area contributed by atoms with Gasteiger partial charge < -0.3 is 9.80 Å². The average molecular weight is 424 g/mol. The molecule has 1 saturated heterocycles. The van der Waals surface area contributed by atoms with Crippen LogP contribution in [0.3, 0.4) is 0 Å². The molecule has 8 nitrogen and oxygen atoms in total. The quantitative estimate of drug-likeness (QED) is 0.641. The van der Waals surface area contributed by atoms with E-state index in [1.807, 2.05) is 25.7 Å². The lowest BCUT2D eigenvalue weighted by Crippen LogP contribution is -2.35. The summed E-state index contributed by atoms with van der Waals surface area (Å²) in [4.78, 5) is 26.3. The van der Waals surface area contributed by atoms with Crippen molar-refractivity contribution in [2.45, 2.75) is 40.0 Å². The fourth-order valence-corrected chi connectivity index (χ4v) is 4.84. The van der Waals surface area contributed by atoms with Gasteiger partial charge in [-0.1, -0.05) is 0 Å². The van der Waals surface area contributed by atoms with E-state index in [0.29, 0.717) is 24.1 Å². The molecule has 30 heavy (non-hydrogen) atoms. The molecule has 0 atom stereocenters. The number of aromatic nitrogens is 4. The highest BCUT2D eigenvalue weighted by atomic mass is 32.1. The molecule has 4 rings (SSSR count). The van der Waals surface area contributed by atoms with Gasteiger partial charge in [-0.2, -0.15) is 10.4 Å². The number of thiazole rings is 1. The van der Waals surface area contributed by atoms with Crippen LogP contribution in [0.4, 0.5) is 5.13 Å². The lowest BCUT2D eigenvalue weighted by atomic mass is 10.1. The number of hydrogen-bond donors (Lipinski definition) is 0. The van der Waals surface area contributed by atoms with Crippen LogP contribution in [0.25, 0.3) is 5.65 Å². The molecular weight excluding hydrogens is 398 g/mol. The number of nitrogens with zero attached hydrogens (tertiary/aromatic N) is 7. The molecule has 1 amide bonds. The van der Waals surface area contributed by atoms with Crippen molar-refractivity contribution in [2.75, 3.05) is 31.1 Å². The van der Waals surface area contributed by atoms with E-state index in [9.17, 15) is 10.1 Å². The maximum Gasteiger partial charge on any atom is 0.222 e. The molecule has 156 valence electrons. The molecule has 3 aromatic rings. The molecule has 3 aromatic heterocycles. The van der Waals surface area contributed by atoms with Gasteiger partial charge in [0.2, 0.25) is 5.91 Å². The van der Waals surface area contributed by atoms with Gasteiger partial charge in [0, 0.05) is 49.4 Å². The third-order valence-electron chi connectivity index (χ3n) is 5.64. The van der Waals surface area contributed by atoms with Gasteiger partial charge in [0.1, 0.15) is 11.6 Å². The first-order chi connectivity index (χ1) is 14.5. The highest BCUT2D eigenvalue weighted by molar-refractivity contribution is 7.13. The fourth-order valence-electron chi connectivity index (χ4n) is 3.99. The number of carbonyl (C=O) groups excluding carboxylic acids is 1. The predicted octanol–water partition coefficient (Wildman–Crippen LogP) is 2.65. The van der Waals surface area contributed by atoms with Crippen LogP contribution in [0.2, 0.25) is 0 Å². The maximum absolute atomic E-state index is 12.9. The van der Waals surface area contributed by atoms with Crippen LogP contribution in [-0.2, 0) is 11.2 Å². The van der Waals surface area contributed by atoms with Crippen LogP contribution in [-0.4, -0.2) is 56.6 Å². The molecule has 0 aromatic carbocycles. The molecular formula is C21H25N7OS. The normalized spacial score (nSPS) is 14.7. The molecule has 0 aliphatic carbocycles. The summed E-state index contributed by atoms with van der Waals surface area (Å²) in [5.74, 6) is 0.171. The smallest absolute Gasteiger partial charge is 0.222 e. The van der Waals surface area contributed by atoms with Crippen molar-refractivity contribution in [2.24, 2.45) is 0 Å². The van der Waals surface area contributed by atoms with Gasteiger partial charge in [-0.25, -0.2) is 14.5 Å². The summed E-state index contributed by atoms with van der Waals surface area (Å²) in [6, 6.07) is 2.13. The highest BCUT2D eigenvalue weighted by Crippen LogP contribution is 2.22. The third kappa shape index (κ3) is 3.87. The van der Waals surface area contributed by atoms with Gasteiger partial charge >= 0.3 is 0 Å². The van der Waals surface area contributed by atoms with Crippen LogP contribution in [0, 0.1) is 32.1 Å². The predicted molar refractivity (Wildman–Crippen MR) is 116 cm³/mol. The van der Waals surface area contributed by atoms with Crippen LogP contribution in [0.15, 0.2) is 11.6 Å². The van der Waals surface area contributed by atoms with Gasteiger partial charge in [0.15, 0.2) is 10.8 Å². The minimum Gasteiger partial charge on any atom is -0.346 e. The van der Waals surface area contributed by atoms with Gasteiger partial charge in [0.05, 0.1) is 11.9 Å². The standard InChI is InChI=1S/C21H25N7OS/c1-14-13-30-21(24-14)27-8-4-7-26(9-10-27)19(29)6-5-18-15(2)25-20-17(11-22)12-23-28(20)16(18)3/h12-13H,4-10H2,1-3H3. The Balaban J connectivity index is 1.42. The second-order valence-electron chi connectivity index (χ2n) is 7.66. The fraction of sp³-hybridized carbons (Fsp3) is 0.476. The molecule has 1 aliphatic rings. The zero-order valence-electron chi connectivity index (χ0n) is 17.6. The summed E-state index contributed by atoms with van der Waals surface area (Å²) in [6.07, 6.45) is 3.54. The lowest BCUT2D eigenvalue weighted by Gasteiger charge is -2.22. The number of nitriles is 1. The van der Waals surface area contributed by atoms with E-state index in [2.05, 4.69) is 31.4 Å². The van der Waals surface area contributed by atoms with E-state index in [4.69, 9.17) is 0 Å². The van der Waals surface area contributed by atoms with Crippen LogP contribution in [0.1, 0.15) is 41.1 Å². The molecule has 9 heteroatoms. The molecule has 0 unspecified atom stereocenters. The number of rotatable bonds is 4. The molecule has 0 spiro atoms. The first-order valence-corrected chi connectivity index (χ1v) is 11.0. The van der Waals surface area contributed by atoms with E-state index in [1.54, 1.807) is 15.9 Å². The summed E-state index contributed by atoms with van der Waals surface area (Å²) in [5.41, 5.74) is 4.90. The SMILES string of the molecule is Cc1csc(N2CCCN(C(=O)CCc3c(C)nc4c(C#N)cnn4c3C)CC2)n1. The Morgan fingerprint density at radius 3 is 2.77 bits per heavy atom. The minimum absolute atomic E-state index is 0.171. The monoisotopic (exact) mass is 423 g/mol. The third-order valence-corrected chi connectivity index (χ3v) is 6.66. The maximum atomic E-state index is 12.9. The van der Waals surface area contributed by atoms with Crippen molar-refractivity contribution >= 4 is 28.0 Å². The molecule has 1 fully saturated rings. The van der Waals surface area contributed by atoms with Gasteiger partial charge in [-0.15, -0.1) is 11.3 Å². The van der Waals surface area contributed by atoms with Crippen molar-refractivity contribution in [3.8, 4) is 6.07 Å². The van der Waals surface area contributed by atoms with E-state index < -0.39 is 0 Å². The van der Waals surface area contributed by atoms with Gasteiger partial charge in [0.25, 0.3) is 0 Å². The Kier molecular flexibility index (Phi) is 5.68. The Labute approximate surface area is 179 Å². The second kappa shape index (κ2) is 8.40. The van der Waals surface area contributed by atoms with E-state index >= 15 is 0 Å². The number of anilines is 1. The van der Waals surface area contributed by atoms with Crippen LogP contribution >= 0.6 is 11.3 Å². The van der Waals surface area contributed by atoms with Crippen LogP contribution < -0.4 is 4.90 Å². The van der Waals surface area contributed by atoms with E-state index in [1.165, 1.54) is 6.20 Å². The number of fused-ring (bicyclic) bond motifs is 1. The Morgan fingerprint density at radius 2 is 2.03 bits per heavy atom. The molecule has 4 heterocycles. The average Bonchev–Trinajstić information content (AvgIpc) is 3.25. The highest BCUT2D eigenvalue weighted by Gasteiger charge is 2.21. The van der Waals surface area contributed by atoms with Crippen LogP contribution in [0.5, 0.6) is 0 Å². The first kappa shape index (κ1) is 20.3. The van der Waals surface area contributed by atoms with Crippen molar-refractivity contribution < 1.29 is 4.79 Å². The molecule has 1 aliphatic heterocycles. The van der Waals surface area contributed by atoms with Crippen molar-refractivity contribution in [3.05, 3.63) is 39.8 Å². The largest absolute Gasteiger partial charge is 0.346 e. The first-order valence-electron chi connectivity index (χ1n) is 10.2. The topological polar surface area (TPSA) is 90.4 Å². The van der Waals surface area contributed by atoms with Gasteiger partial charge in [-0.05, 0) is 39.2 Å². The number of hydrogen-bond acceptors (Lipinski definition) is 7. The second-order valence-corrected chi connectivity index (χ2v) is 8.50. The summed E-state index contributed by atoms with van der Waals surface area (Å²) >= 11 is 1.67. The number of amides is 1. The lowest BCUT2D eigenvalue weighted by molar-refractivity contribution is -0.130. The Morgan fingerprint density at radius 1 is 1.20 bits per heavy atom. The Hall–Kier alpha value is -2.99. The number of carbonyl (C=O) groups is 1. The summed E-state index contributed by atoms with van der Waals surface area (Å²) in [7, 11) is 0. The molecule has 0 N–H and O–H groups in total. The van der Waals surface area contributed by atoms with E-state index in [0.717, 1.165) is 60.4 Å². The number of aryl methyl sites for hydroxylation is 3. The van der Waals surface area contributed by atoms with Crippen molar-refractivity contribution in [3.63, 3.8) is 0 Å². The summed E-state index contributed by atoms with van der Waals surface area (Å²) < 4.78 is 1.70. The molecule has 0 saturated carbocycles. The summed E-state index contributed by atoms with van der Waals surface area (Å²) in [5, 5.41) is 16.6. The zero-order valence-corrected chi connectivity index (χ0v) is 18.4. The van der Waals surface area contributed by atoms with Crippen molar-refractivity contribution in [1.29, 1.82) is 5.26 Å². The van der Waals surface area contributed by atoms with Gasteiger partial charge in [-0.3, -0.25) is 4.79 Å². The summed E-state index contributed by atoms with van der Waals surface area (Å²) in [6.45, 7) is 9.14. The minimum atomic E-state index is 0.171. The Bertz CT molecular complexity index is 1130.